The van der Waals surface area contributed by atoms with Gasteiger partial charge in [0.25, 0.3) is 11.6 Å². The van der Waals surface area contributed by atoms with Crippen molar-refractivity contribution in [2.45, 2.75) is 6.54 Å². The topological polar surface area (TPSA) is 104 Å². The van der Waals surface area contributed by atoms with Crippen molar-refractivity contribution in [1.82, 2.24) is 4.57 Å². The Kier molecular flexibility index (Phi) is 5.52. The van der Waals surface area contributed by atoms with Gasteiger partial charge in [0.2, 0.25) is 0 Å². The largest absolute Gasteiger partial charge is 0.468 e. The number of fused-ring (bicyclic) bond motifs is 1. The van der Waals surface area contributed by atoms with E-state index in [-0.39, 0.29) is 27.6 Å². The van der Waals surface area contributed by atoms with Crippen LogP contribution < -0.4 is 4.80 Å². The molecule has 0 bridgehead atoms. The molecule has 2 aromatic carbocycles. The molecular formula is C17H11ClFN3O5S. The van der Waals surface area contributed by atoms with Crippen LogP contribution in [-0.2, 0) is 16.1 Å². The van der Waals surface area contributed by atoms with Crippen LogP contribution in [0, 0.1) is 15.9 Å². The molecule has 0 atom stereocenters. The summed E-state index contributed by atoms with van der Waals surface area (Å²) in [5, 5.41) is 10.9. The third-order valence-corrected chi connectivity index (χ3v) is 5.12. The highest BCUT2D eigenvalue weighted by Gasteiger charge is 2.17. The van der Waals surface area contributed by atoms with Crippen molar-refractivity contribution in [3.8, 4) is 0 Å². The Morgan fingerprint density at radius 3 is 2.75 bits per heavy atom. The van der Waals surface area contributed by atoms with Gasteiger partial charge in [0.05, 0.1) is 32.8 Å². The molecule has 0 radical (unpaired) electrons. The lowest BCUT2D eigenvalue weighted by Crippen LogP contribution is -2.22. The zero-order chi connectivity index (χ0) is 20.4. The maximum atomic E-state index is 13.5. The Hall–Kier alpha value is -3.11. The van der Waals surface area contributed by atoms with Crippen LogP contribution in [0.2, 0.25) is 5.02 Å². The van der Waals surface area contributed by atoms with Crippen molar-refractivity contribution in [3.05, 3.63) is 67.7 Å². The first kappa shape index (κ1) is 19.6. The van der Waals surface area contributed by atoms with Crippen molar-refractivity contribution in [2.75, 3.05) is 7.11 Å². The number of nitro benzene ring substituents is 1. The highest BCUT2D eigenvalue weighted by molar-refractivity contribution is 7.16. The number of esters is 1. The molecule has 0 fully saturated rings. The van der Waals surface area contributed by atoms with Gasteiger partial charge < -0.3 is 9.30 Å². The molecule has 0 saturated heterocycles. The van der Waals surface area contributed by atoms with E-state index in [9.17, 15) is 24.1 Å². The number of nitro groups is 1. The fraction of sp³-hybridized carbons (Fsp3) is 0.118. The van der Waals surface area contributed by atoms with Gasteiger partial charge in [-0.3, -0.25) is 19.7 Å². The number of thiazole rings is 1. The van der Waals surface area contributed by atoms with Gasteiger partial charge in [0.1, 0.15) is 12.4 Å². The Morgan fingerprint density at radius 2 is 2.07 bits per heavy atom. The molecule has 1 amide bonds. The minimum Gasteiger partial charge on any atom is -0.468 e. The van der Waals surface area contributed by atoms with Gasteiger partial charge in [-0.25, -0.2) is 4.39 Å². The number of benzene rings is 2. The number of hydrogen-bond donors (Lipinski definition) is 0. The van der Waals surface area contributed by atoms with Gasteiger partial charge in [0.15, 0.2) is 4.80 Å². The average molecular weight is 424 g/mol. The van der Waals surface area contributed by atoms with E-state index in [1.54, 1.807) is 0 Å². The highest BCUT2D eigenvalue weighted by Crippen LogP contribution is 2.23. The summed E-state index contributed by atoms with van der Waals surface area (Å²) in [7, 11) is 1.21. The number of carbonyl (C=O) groups excluding carboxylic acids is 2. The average Bonchev–Trinajstić information content (AvgIpc) is 2.97. The second-order valence-electron chi connectivity index (χ2n) is 5.50. The SMILES string of the molecule is COC(=O)Cn1c(=NC(=O)c2cc([N+](=O)[O-])ccc2Cl)sc2cc(F)ccc21. The van der Waals surface area contributed by atoms with Crippen molar-refractivity contribution < 1.29 is 23.6 Å². The standard InChI is InChI=1S/C17H11ClFN3O5S/c1-27-15(23)8-21-13-5-2-9(19)6-14(13)28-17(21)20-16(24)11-7-10(22(25)26)3-4-12(11)18/h2-7H,8H2,1H3. The molecule has 0 aliphatic carbocycles. The highest BCUT2D eigenvalue weighted by atomic mass is 35.5. The molecule has 0 unspecified atom stereocenters. The van der Waals surface area contributed by atoms with Gasteiger partial charge in [-0.05, 0) is 24.3 Å². The van der Waals surface area contributed by atoms with E-state index in [0.29, 0.717) is 10.2 Å². The lowest BCUT2D eigenvalue weighted by molar-refractivity contribution is -0.384. The smallest absolute Gasteiger partial charge is 0.325 e. The van der Waals surface area contributed by atoms with Crippen LogP contribution >= 0.6 is 22.9 Å². The molecule has 3 aromatic rings. The first-order valence-electron chi connectivity index (χ1n) is 7.69. The Bertz CT molecular complexity index is 1190. The van der Waals surface area contributed by atoms with Gasteiger partial charge in [-0.15, -0.1) is 0 Å². The molecule has 0 spiro atoms. The molecule has 1 heterocycles. The minimum absolute atomic E-state index is 0.00831. The van der Waals surface area contributed by atoms with Crippen molar-refractivity contribution in [1.29, 1.82) is 0 Å². The first-order chi connectivity index (χ1) is 13.3. The van der Waals surface area contributed by atoms with Crippen molar-refractivity contribution >= 4 is 50.7 Å². The number of ether oxygens (including phenoxy) is 1. The third kappa shape index (κ3) is 3.92. The molecule has 0 N–H and O–H groups in total. The van der Waals surface area contributed by atoms with E-state index in [4.69, 9.17) is 11.6 Å². The van der Waals surface area contributed by atoms with E-state index in [0.717, 1.165) is 17.4 Å². The molecule has 0 aliphatic rings. The molecule has 11 heteroatoms. The summed E-state index contributed by atoms with van der Waals surface area (Å²) >= 11 is 6.96. The number of non-ortho nitro benzene ring substituents is 1. The van der Waals surface area contributed by atoms with Crippen LogP contribution in [0.1, 0.15) is 10.4 Å². The predicted molar refractivity (Wildman–Crippen MR) is 99.8 cm³/mol. The summed E-state index contributed by atoms with van der Waals surface area (Å²) in [6.45, 7) is -0.253. The molecule has 3 rings (SSSR count). The van der Waals surface area contributed by atoms with E-state index in [1.165, 1.54) is 42.0 Å². The number of aromatic nitrogens is 1. The maximum absolute atomic E-state index is 13.5. The minimum atomic E-state index is -0.834. The second kappa shape index (κ2) is 7.87. The number of nitrogens with zero attached hydrogens (tertiary/aromatic N) is 3. The van der Waals surface area contributed by atoms with E-state index in [2.05, 4.69) is 9.73 Å². The Balaban J connectivity index is 2.17. The number of methoxy groups -OCH3 is 1. The normalized spacial score (nSPS) is 11.6. The predicted octanol–water partition coefficient (Wildman–Crippen LogP) is 3.32. The third-order valence-electron chi connectivity index (χ3n) is 3.75. The second-order valence-corrected chi connectivity index (χ2v) is 6.91. The number of halogens is 2. The summed E-state index contributed by atoms with van der Waals surface area (Å²) < 4.78 is 20.0. The monoisotopic (exact) mass is 423 g/mol. The van der Waals surface area contributed by atoms with Crippen LogP contribution in [0.15, 0.2) is 41.4 Å². The Labute approximate surface area is 165 Å². The van der Waals surface area contributed by atoms with Gasteiger partial charge in [-0.2, -0.15) is 4.99 Å². The lowest BCUT2D eigenvalue weighted by atomic mass is 10.2. The molecule has 0 aliphatic heterocycles. The molecule has 144 valence electrons. The summed E-state index contributed by atoms with van der Waals surface area (Å²) in [4.78, 5) is 38.6. The van der Waals surface area contributed by atoms with Gasteiger partial charge in [0, 0.05) is 12.1 Å². The zero-order valence-corrected chi connectivity index (χ0v) is 15.8. The van der Waals surface area contributed by atoms with E-state index < -0.39 is 22.6 Å². The fourth-order valence-corrected chi connectivity index (χ4v) is 3.67. The van der Waals surface area contributed by atoms with E-state index >= 15 is 0 Å². The molecule has 28 heavy (non-hydrogen) atoms. The van der Waals surface area contributed by atoms with E-state index in [1.807, 2.05) is 0 Å². The van der Waals surface area contributed by atoms with Crippen LogP contribution in [-0.4, -0.2) is 28.5 Å². The molecule has 0 saturated carbocycles. The number of carbonyl (C=O) groups is 2. The quantitative estimate of drug-likeness (QED) is 0.363. The van der Waals surface area contributed by atoms with Crippen LogP contribution in [0.4, 0.5) is 10.1 Å². The molecular weight excluding hydrogens is 413 g/mol. The summed E-state index contributed by atoms with van der Waals surface area (Å²) in [6, 6.07) is 7.33. The van der Waals surface area contributed by atoms with Gasteiger partial charge >= 0.3 is 5.97 Å². The van der Waals surface area contributed by atoms with Crippen LogP contribution in [0.3, 0.4) is 0 Å². The zero-order valence-electron chi connectivity index (χ0n) is 14.2. The van der Waals surface area contributed by atoms with Crippen LogP contribution in [0.25, 0.3) is 10.2 Å². The summed E-state index contributed by atoms with van der Waals surface area (Å²) in [5.41, 5.74) is 0.00131. The maximum Gasteiger partial charge on any atom is 0.325 e. The Morgan fingerprint density at radius 1 is 1.32 bits per heavy atom. The number of hydrogen-bond acceptors (Lipinski definition) is 6. The number of rotatable bonds is 4. The summed E-state index contributed by atoms with van der Waals surface area (Å²) in [6.07, 6.45) is 0. The molecule has 1 aromatic heterocycles. The number of amides is 1. The van der Waals surface area contributed by atoms with Crippen molar-refractivity contribution in [2.24, 2.45) is 4.99 Å². The summed E-state index contributed by atoms with van der Waals surface area (Å²) in [5.74, 6) is -1.91. The van der Waals surface area contributed by atoms with Crippen molar-refractivity contribution in [3.63, 3.8) is 0 Å². The lowest BCUT2D eigenvalue weighted by Gasteiger charge is -2.04. The van der Waals surface area contributed by atoms with Crippen LogP contribution in [0.5, 0.6) is 0 Å². The molecule has 8 nitrogen and oxygen atoms in total. The fourth-order valence-electron chi connectivity index (χ4n) is 2.42. The first-order valence-corrected chi connectivity index (χ1v) is 8.88. The van der Waals surface area contributed by atoms with Gasteiger partial charge in [-0.1, -0.05) is 22.9 Å².